The Morgan fingerprint density at radius 3 is 2.48 bits per heavy atom. The molecule has 0 aromatic heterocycles. The van der Waals surface area contributed by atoms with Crippen LogP contribution >= 0.6 is 0 Å². The Bertz CT molecular complexity index is 578. The molecule has 3 aliphatic rings. The average molecular weight is 351 g/mol. The van der Waals surface area contributed by atoms with Gasteiger partial charge in [0.25, 0.3) is 0 Å². The summed E-state index contributed by atoms with van der Waals surface area (Å²) in [6, 6.07) is 1.33. The first kappa shape index (κ1) is 17.9. The van der Waals surface area contributed by atoms with Crippen molar-refractivity contribution in [3.63, 3.8) is 0 Å². The Morgan fingerprint density at radius 1 is 1.28 bits per heavy atom. The van der Waals surface area contributed by atoms with Crippen molar-refractivity contribution >= 4 is 11.9 Å². The molecule has 2 saturated heterocycles. The second-order valence-electron chi connectivity index (χ2n) is 7.83. The summed E-state index contributed by atoms with van der Waals surface area (Å²) in [5.41, 5.74) is -0.156. The van der Waals surface area contributed by atoms with Crippen LogP contribution in [0.2, 0.25) is 0 Å². The van der Waals surface area contributed by atoms with Crippen molar-refractivity contribution in [2.75, 3.05) is 33.2 Å². The fourth-order valence-corrected chi connectivity index (χ4v) is 4.68. The molecule has 3 rings (SSSR count). The zero-order chi connectivity index (χ0) is 18.2. The zero-order valence-corrected chi connectivity index (χ0v) is 14.8. The van der Waals surface area contributed by atoms with E-state index in [1.807, 2.05) is 11.0 Å². The van der Waals surface area contributed by atoms with E-state index in [9.17, 15) is 14.0 Å². The molecule has 7 nitrogen and oxygen atoms in total. The fourth-order valence-electron chi connectivity index (χ4n) is 4.68. The highest BCUT2D eigenvalue weighted by molar-refractivity contribution is 5.79. The van der Waals surface area contributed by atoms with Crippen LogP contribution in [0.3, 0.4) is 0 Å². The van der Waals surface area contributed by atoms with E-state index in [0.29, 0.717) is 11.8 Å². The summed E-state index contributed by atoms with van der Waals surface area (Å²) in [5, 5.41) is 15.1. The zero-order valence-electron chi connectivity index (χ0n) is 14.8. The third-order valence-corrected chi connectivity index (χ3v) is 5.89. The maximum atomic E-state index is 13.5. The first-order chi connectivity index (χ1) is 11.8. The minimum Gasteiger partial charge on any atom is -0.341 e. The van der Waals surface area contributed by atoms with Crippen molar-refractivity contribution in [3.8, 4) is 6.07 Å². The quantitative estimate of drug-likeness (QED) is 0.774. The molecule has 2 N–H and O–H groups in total. The number of halogens is 1. The summed E-state index contributed by atoms with van der Waals surface area (Å²) in [7, 11) is 1.64. The van der Waals surface area contributed by atoms with E-state index < -0.39 is 12.2 Å². The third-order valence-electron chi connectivity index (χ3n) is 5.89. The molecule has 8 heteroatoms. The number of amides is 3. The highest BCUT2D eigenvalue weighted by Crippen LogP contribution is 2.43. The van der Waals surface area contributed by atoms with Crippen LogP contribution in [0.1, 0.15) is 26.2 Å². The number of carbonyl (C=O) groups excluding carboxylic acids is 2. The lowest BCUT2D eigenvalue weighted by Crippen LogP contribution is -2.49. The molecule has 138 valence electrons. The van der Waals surface area contributed by atoms with E-state index in [4.69, 9.17) is 5.26 Å². The molecule has 0 aromatic rings. The van der Waals surface area contributed by atoms with Gasteiger partial charge in [-0.15, -0.1) is 0 Å². The van der Waals surface area contributed by atoms with Gasteiger partial charge in [-0.05, 0) is 31.6 Å². The largest absolute Gasteiger partial charge is 0.341 e. The molecule has 0 aromatic carbocycles. The predicted octanol–water partition coefficient (Wildman–Crippen LogP) is 0.478. The molecular formula is C17H26FN5O2. The number of hydrogen-bond donors (Lipinski definition) is 2. The van der Waals surface area contributed by atoms with Gasteiger partial charge in [-0.2, -0.15) is 5.26 Å². The number of alkyl halides is 1. The summed E-state index contributed by atoms with van der Waals surface area (Å²) in [6.45, 7) is 3.75. The molecule has 5 atom stereocenters. The van der Waals surface area contributed by atoms with E-state index in [1.165, 1.54) is 4.90 Å². The minimum absolute atomic E-state index is 0.0157. The van der Waals surface area contributed by atoms with Crippen LogP contribution in [0.25, 0.3) is 0 Å². The topological polar surface area (TPSA) is 88.5 Å². The number of urea groups is 1. The SMILES string of the molecule is CNC(=O)N1C[C@@H]2C[C@@](C)(NCC(=O)N3C[C@@H](F)CC3C#N)C[C@@H]2C1. The Hall–Kier alpha value is -1.88. The first-order valence-electron chi connectivity index (χ1n) is 8.90. The van der Waals surface area contributed by atoms with Gasteiger partial charge in [-0.1, -0.05) is 0 Å². The Labute approximate surface area is 147 Å². The van der Waals surface area contributed by atoms with Gasteiger partial charge in [0.15, 0.2) is 0 Å². The van der Waals surface area contributed by atoms with Gasteiger partial charge in [0.1, 0.15) is 12.2 Å². The molecule has 1 aliphatic carbocycles. The van der Waals surface area contributed by atoms with Crippen LogP contribution in [0.15, 0.2) is 0 Å². The van der Waals surface area contributed by atoms with Gasteiger partial charge in [-0.3, -0.25) is 4.79 Å². The fraction of sp³-hybridized carbons (Fsp3) is 0.824. The van der Waals surface area contributed by atoms with Crippen molar-refractivity contribution in [2.24, 2.45) is 11.8 Å². The van der Waals surface area contributed by atoms with E-state index >= 15 is 0 Å². The van der Waals surface area contributed by atoms with Gasteiger partial charge >= 0.3 is 6.03 Å². The monoisotopic (exact) mass is 351 g/mol. The Balaban J connectivity index is 1.51. The molecule has 3 fully saturated rings. The number of fused-ring (bicyclic) bond motifs is 1. The Morgan fingerprint density at radius 2 is 1.92 bits per heavy atom. The van der Waals surface area contributed by atoms with Crippen LogP contribution in [0.5, 0.6) is 0 Å². The highest BCUT2D eigenvalue weighted by Gasteiger charge is 2.47. The van der Waals surface area contributed by atoms with Crippen molar-refractivity contribution in [3.05, 3.63) is 0 Å². The predicted molar refractivity (Wildman–Crippen MR) is 89.3 cm³/mol. The lowest BCUT2D eigenvalue weighted by atomic mass is 9.98. The highest BCUT2D eigenvalue weighted by atomic mass is 19.1. The summed E-state index contributed by atoms with van der Waals surface area (Å²) < 4.78 is 13.5. The smallest absolute Gasteiger partial charge is 0.317 e. The van der Waals surface area contributed by atoms with Crippen LogP contribution in [0.4, 0.5) is 9.18 Å². The van der Waals surface area contributed by atoms with Crippen molar-refractivity contribution in [1.29, 1.82) is 5.26 Å². The normalized spacial score (nSPS) is 37.0. The van der Waals surface area contributed by atoms with Gasteiger partial charge in [0, 0.05) is 32.1 Å². The van der Waals surface area contributed by atoms with Crippen molar-refractivity contribution in [2.45, 2.75) is 43.9 Å². The third kappa shape index (κ3) is 3.56. The Kier molecular flexibility index (Phi) is 4.87. The molecular weight excluding hydrogens is 325 g/mol. The molecule has 0 spiro atoms. The second-order valence-corrected chi connectivity index (χ2v) is 7.83. The molecule has 1 saturated carbocycles. The summed E-state index contributed by atoms with van der Waals surface area (Å²) in [5.74, 6) is 0.675. The second kappa shape index (κ2) is 6.79. The minimum atomic E-state index is -1.11. The summed E-state index contributed by atoms with van der Waals surface area (Å²) in [4.78, 5) is 27.3. The molecule has 2 aliphatic heterocycles. The number of likely N-dealkylation sites (tertiary alicyclic amines) is 2. The van der Waals surface area contributed by atoms with E-state index in [1.54, 1.807) is 7.05 Å². The first-order valence-corrected chi connectivity index (χ1v) is 8.90. The number of rotatable bonds is 3. The standard InChI is InChI=1S/C17H26FN5O2/c1-17(4-11-8-22(16(25)20-2)9-12(11)5-17)21-7-15(24)23-10-13(18)3-14(23)6-19/h11-14,21H,3-5,7-10H2,1-2H3,(H,20,25)/t11-,12+,13-,14?,17+/m0/s1. The van der Waals surface area contributed by atoms with Crippen molar-refractivity contribution < 1.29 is 14.0 Å². The molecule has 2 heterocycles. The van der Waals surface area contributed by atoms with Crippen LogP contribution < -0.4 is 10.6 Å². The van der Waals surface area contributed by atoms with Gasteiger partial charge in [0.05, 0.1) is 19.2 Å². The number of nitrogens with one attached hydrogen (secondary N) is 2. The number of carbonyl (C=O) groups is 2. The van der Waals surface area contributed by atoms with Gasteiger partial charge < -0.3 is 20.4 Å². The summed E-state index contributed by atoms with van der Waals surface area (Å²) in [6.07, 6.45) is 0.821. The molecule has 25 heavy (non-hydrogen) atoms. The van der Waals surface area contributed by atoms with Crippen LogP contribution in [-0.2, 0) is 4.79 Å². The average Bonchev–Trinajstić information content (AvgIpc) is 3.22. The summed E-state index contributed by atoms with van der Waals surface area (Å²) >= 11 is 0. The lowest BCUT2D eigenvalue weighted by molar-refractivity contribution is -0.130. The van der Waals surface area contributed by atoms with E-state index in [2.05, 4.69) is 17.6 Å². The maximum absolute atomic E-state index is 13.5. The van der Waals surface area contributed by atoms with Crippen LogP contribution in [-0.4, -0.2) is 72.7 Å². The molecule has 0 radical (unpaired) electrons. The molecule has 1 unspecified atom stereocenters. The van der Waals surface area contributed by atoms with Gasteiger partial charge in [0.2, 0.25) is 5.91 Å². The van der Waals surface area contributed by atoms with Crippen LogP contribution in [0, 0.1) is 23.2 Å². The molecule has 3 amide bonds. The van der Waals surface area contributed by atoms with E-state index in [0.717, 1.165) is 25.9 Å². The molecule has 0 bridgehead atoms. The van der Waals surface area contributed by atoms with Crippen molar-refractivity contribution in [1.82, 2.24) is 20.4 Å². The lowest BCUT2D eigenvalue weighted by Gasteiger charge is -2.29. The van der Waals surface area contributed by atoms with E-state index in [-0.39, 0.29) is 37.0 Å². The number of nitrogens with zero attached hydrogens (tertiary/aromatic N) is 3. The van der Waals surface area contributed by atoms with Gasteiger partial charge in [-0.25, -0.2) is 9.18 Å². The number of hydrogen-bond acceptors (Lipinski definition) is 4. The number of nitriles is 1. The maximum Gasteiger partial charge on any atom is 0.317 e.